The van der Waals surface area contributed by atoms with Crippen LogP contribution in [0.4, 0.5) is 17.6 Å². The summed E-state index contributed by atoms with van der Waals surface area (Å²) in [5.41, 5.74) is 2.74. The van der Waals surface area contributed by atoms with Gasteiger partial charge in [0.2, 0.25) is 0 Å². The van der Waals surface area contributed by atoms with Gasteiger partial charge in [0, 0.05) is 288 Å². The Hall–Kier alpha value is -1.28. The summed E-state index contributed by atoms with van der Waals surface area (Å²) in [6.07, 6.45) is 35.0. The van der Waals surface area contributed by atoms with Gasteiger partial charge in [0.15, 0.2) is 0 Å². The molecule has 0 spiro atoms. The van der Waals surface area contributed by atoms with Crippen LogP contribution in [-0.4, -0.2) is 494 Å². The summed E-state index contributed by atoms with van der Waals surface area (Å²) < 4.78 is 50.7. The Balaban J connectivity index is 0.000000160. The summed E-state index contributed by atoms with van der Waals surface area (Å²) in [5, 5.41) is 99.9. The zero-order valence-electron chi connectivity index (χ0n) is 83.6. The molecule has 8 aliphatic heterocycles. The number of alkyl halides is 4. The Labute approximate surface area is 780 Å². The molecule has 8 heterocycles. The molecule has 0 aromatic heterocycles. The van der Waals surface area contributed by atoms with E-state index in [4.69, 9.17) is 46.0 Å². The van der Waals surface area contributed by atoms with E-state index in [1.807, 2.05) is 0 Å². The standard InChI is InChI=1S/C11H22N2O.C10H20N2O.C10H22N2O.C10H19NO.C9H15F2NO.C9H16FNO.C9H17NO.C9H19NO.C8H14FNO.C8H15NO.C7H15NO/c1-12(2)10-3-6-13(7-10)8-11(9-14)4-5-11;1-11(2)9-5-12(6-9)7-10(8-13)3-4-10;1-11(2)6-7-12(3)8-10(9-13)4-5-10;12-9-10(4-3-5-10)8-11-6-1-2-7-11;10-9(11)3-4-12(6-9)5-8(7-13)1-2-8;10-8-1-4-11(5-8)6-9(7-12)2-3-9;11-8-9(3-4-9)7-10-5-1-2-6-10;1-3-10(4-2)7-9(8-11)5-6-9;9-7-3-10(4-7)5-8(6-11)1-2-8;10-7-8(2-3-8)6-9-4-1-5-9;1-8(2)5-7(6-9)3-4-7/h10,14H,3-9H2,1-2H3;9,13H,3-8H2,1-2H3;13H,4-9H2,1-3H3;12H,1-9H2;13H,1-7H2;8,12H,1-7H2;11H,1-8H2;11H,3-8H2,1-2H3;7,11H,1-6H2;10H,1-7H2;9H,3-6H2,1-2H3/t10-;;;;;8-;;;;;/m0....1...../s1. The van der Waals surface area contributed by atoms with E-state index in [0.717, 1.165) is 149 Å². The number of hydrogen-bond donors (Lipinski definition) is 11. The molecule has 11 N–H and O–H groups in total. The van der Waals surface area contributed by atoms with Crippen LogP contribution in [0.3, 0.4) is 0 Å². The second kappa shape index (κ2) is 51.2. The van der Waals surface area contributed by atoms with Crippen molar-refractivity contribution in [3.63, 3.8) is 0 Å². The molecule has 0 aromatic rings. The zero-order valence-corrected chi connectivity index (χ0v) is 83.6. The molecule has 29 heteroatoms. The van der Waals surface area contributed by atoms with Crippen molar-refractivity contribution in [3.05, 3.63) is 0 Å². The summed E-state index contributed by atoms with van der Waals surface area (Å²) in [5.74, 6) is -2.49. The van der Waals surface area contributed by atoms with Crippen molar-refractivity contribution in [1.29, 1.82) is 0 Å². The third-order valence-corrected chi connectivity index (χ3v) is 33.2. The van der Waals surface area contributed by atoms with Gasteiger partial charge in [-0.1, -0.05) is 20.3 Å². The van der Waals surface area contributed by atoms with Crippen LogP contribution in [0.25, 0.3) is 0 Å². The number of aliphatic hydroxyl groups is 11. The van der Waals surface area contributed by atoms with Gasteiger partial charge in [-0.25, -0.2) is 17.6 Å². The van der Waals surface area contributed by atoms with Gasteiger partial charge in [-0.3, -0.25) is 19.6 Å². The van der Waals surface area contributed by atoms with Crippen LogP contribution >= 0.6 is 0 Å². The SMILES string of the molecule is CCN(CC)CC1(CO)CC1.CN(C)C1CN(CC2(CO)CC2)C1.CN(C)CC1(CO)CC1.CN(C)CCN(C)CC1(CO)CC1.CN(C)[C@H]1CCN(CC2(CO)CC2)C1.OCC1(CN2CC(F)C2)CC1.OCC1(CN2CCC(F)(F)C2)CC1.OCC1(CN2CCC2)CC1.OCC1(CN2CCCC2)CC1.OCC1(CN2CCCC2)CCC1.OCC1(CN2CC[C@@H](F)C2)CC1. The van der Waals surface area contributed by atoms with Crippen LogP contribution in [0.5, 0.6) is 0 Å². The van der Waals surface area contributed by atoms with E-state index in [-0.39, 0.29) is 54.4 Å². The summed E-state index contributed by atoms with van der Waals surface area (Å²) in [6, 6.07) is 1.47. The van der Waals surface area contributed by atoms with Crippen LogP contribution in [0.1, 0.15) is 213 Å². The molecule has 2 atom stereocenters. The topological polar surface area (TPSA) is 268 Å². The monoisotopic (exact) mass is 1840 g/mol. The Morgan fingerprint density at radius 3 is 0.814 bits per heavy atom. The second-order valence-corrected chi connectivity index (χ2v) is 47.1. The highest BCUT2D eigenvalue weighted by Crippen LogP contribution is 2.53. The maximum absolute atomic E-state index is 12.8. The average Bonchev–Trinajstić information content (AvgIpc) is 1.62. The van der Waals surface area contributed by atoms with Crippen molar-refractivity contribution >= 4 is 0 Å². The van der Waals surface area contributed by atoms with E-state index in [1.165, 1.54) is 213 Å². The van der Waals surface area contributed by atoms with Crippen molar-refractivity contribution in [2.75, 3.05) is 339 Å². The third-order valence-electron chi connectivity index (χ3n) is 33.2. The van der Waals surface area contributed by atoms with Crippen LogP contribution in [0, 0.1) is 59.6 Å². The lowest BCUT2D eigenvalue weighted by atomic mass is 9.69. The smallest absolute Gasteiger partial charge is 0.261 e. The van der Waals surface area contributed by atoms with Crippen molar-refractivity contribution in [2.45, 2.75) is 243 Å². The van der Waals surface area contributed by atoms with Gasteiger partial charge in [0.05, 0.1) is 6.54 Å². The van der Waals surface area contributed by atoms with Crippen LogP contribution in [-0.2, 0) is 0 Å². The molecule has 129 heavy (non-hydrogen) atoms. The highest BCUT2D eigenvalue weighted by Gasteiger charge is 2.52. The summed E-state index contributed by atoms with van der Waals surface area (Å²) in [7, 11) is 19.0. The molecule has 758 valence electrons. The van der Waals surface area contributed by atoms with E-state index in [2.05, 4.69) is 141 Å². The number of rotatable bonds is 40. The molecule has 0 unspecified atom stereocenters. The molecule has 0 bridgehead atoms. The van der Waals surface area contributed by atoms with Gasteiger partial charge in [-0.2, -0.15) is 0 Å². The first-order valence-corrected chi connectivity index (χ1v) is 51.6. The van der Waals surface area contributed by atoms with Gasteiger partial charge in [-0.05, 0) is 309 Å². The molecule has 25 nitrogen and oxygen atoms in total. The molecule has 0 radical (unpaired) electrons. The van der Waals surface area contributed by atoms with Gasteiger partial charge in [0.25, 0.3) is 5.92 Å². The minimum Gasteiger partial charge on any atom is -0.396 e. The fourth-order valence-electron chi connectivity index (χ4n) is 20.2. The minimum absolute atomic E-state index is 0.0193. The molecule has 0 aromatic carbocycles. The molecule has 19 fully saturated rings. The lowest BCUT2D eigenvalue weighted by Gasteiger charge is -2.44. The lowest BCUT2D eigenvalue weighted by molar-refractivity contribution is 0.00908. The predicted molar refractivity (Wildman–Crippen MR) is 511 cm³/mol. The van der Waals surface area contributed by atoms with Gasteiger partial charge >= 0.3 is 0 Å². The fourth-order valence-corrected chi connectivity index (χ4v) is 20.2. The zero-order chi connectivity index (χ0) is 94.0. The van der Waals surface area contributed by atoms with Gasteiger partial charge in [0.1, 0.15) is 12.3 Å². The molecular weight excluding hydrogens is 1650 g/mol. The molecule has 19 aliphatic rings. The molecule has 8 saturated heterocycles. The first-order chi connectivity index (χ1) is 61.4. The highest BCUT2D eigenvalue weighted by molar-refractivity contribution is 5.04. The van der Waals surface area contributed by atoms with E-state index in [1.54, 1.807) is 4.90 Å². The maximum atomic E-state index is 12.8. The van der Waals surface area contributed by atoms with Crippen molar-refractivity contribution in [3.8, 4) is 0 Å². The first-order valence-electron chi connectivity index (χ1n) is 51.6. The molecule has 11 aliphatic carbocycles. The Morgan fingerprint density at radius 2 is 0.558 bits per heavy atom. The number of aliphatic hydroxyl groups excluding tert-OH is 11. The van der Waals surface area contributed by atoms with E-state index in [9.17, 15) is 27.8 Å². The van der Waals surface area contributed by atoms with Gasteiger partial charge in [-0.15, -0.1) is 0 Å². The van der Waals surface area contributed by atoms with E-state index < -0.39 is 18.3 Å². The number of halogens is 4. The second-order valence-electron chi connectivity index (χ2n) is 47.1. The van der Waals surface area contributed by atoms with Crippen molar-refractivity contribution < 1.29 is 73.7 Å². The summed E-state index contributed by atoms with van der Waals surface area (Å²) in [4.78, 5) is 32.1. The number of nitrogens with zero attached hydrogens (tertiary/aromatic N) is 14. The van der Waals surface area contributed by atoms with Crippen LogP contribution < -0.4 is 0 Å². The third kappa shape index (κ3) is 38.3. The van der Waals surface area contributed by atoms with Crippen LogP contribution in [0.2, 0.25) is 0 Å². The molecule has 0 amide bonds. The minimum atomic E-state index is -2.49. The Morgan fingerprint density at radius 1 is 0.264 bits per heavy atom. The van der Waals surface area contributed by atoms with Crippen molar-refractivity contribution in [2.24, 2.45) is 59.6 Å². The lowest BCUT2D eigenvalue weighted by Crippen LogP contribution is -2.58. The predicted octanol–water partition coefficient (Wildman–Crippen LogP) is 6.95. The fraction of sp³-hybridized carbons (Fsp3) is 1.00. The van der Waals surface area contributed by atoms with Crippen molar-refractivity contribution in [1.82, 2.24) is 68.6 Å². The average molecular weight is 1840 g/mol. The normalized spacial score (nSPS) is 27.8. The largest absolute Gasteiger partial charge is 0.396 e. The highest BCUT2D eigenvalue weighted by atomic mass is 19.3. The van der Waals surface area contributed by atoms with Gasteiger partial charge < -0.3 is 105 Å². The number of likely N-dealkylation sites (tertiary alicyclic amines) is 8. The first kappa shape index (κ1) is 111. The molecule has 11 saturated carbocycles. The summed E-state index contributed by atoms with van der Waals surface area (Å²) in [6.45, 7) is 39.3. The molecular formula is C100H194F4N14O11. The quantitative estimate of drug-likeness (QED) is 0.0277. The van der Waals surface area contributed by atoms with Crippen LogP contribution in [0.15, 0.2) is 0 Å². The maximum Gasteiger partial charge on any atom is 0.261 e. The van der Waals surface area contributed by atoms with E-state index >= 15 is 0 Å². The Bertz CT molecular complexity index is 3020. The Kier molecular flexibility index (Phi) is 44.2. The summed E-state index contributed by atoms with van der Waals surface area (Å²) >= 11 is 0. The number of likely N-dealkylation sites (N-methyl/N-ethyl adjacent to an activating group) is 4. The van der Waals surface area contributed by atoms with E-state index in [0.29, 0.717) is 130 Å². The number of hydrogen-bond acceptors (Lipinski definition) is 25. The molecule has 19 rings (SSSR count).